The van der Waals surface area contributed by atoms with E-state index >= 15 is 0 Å². The zero-order valence-electron chi connectivity index (χ0n) is 25.4. The summed E-state index contributed by atoms with van der Waals surface area (Å²) in [5.74, 6) is 1.63. The zero-order valence-corrected chi connectivity index (χ0v) is 25.4. The number of ether oxygens (including phenoxy) is 3. The highest BCUT2D eigenvalue weighted by Crippen LogP contribution is 2.32. The molecule has 0 aliphatic carbocycles. The van der Waals surface area contributed by atoms with Crippen LogP contribution in [0.15, 0.2) is 40.8 Å². The highest BCUT2D eigenvalue weighted by molar-refractivity contribution is 6.17. The summed E-state index contributed by atoms with van der Waals surface area (Å²) in [5, 5.41) is 0.883. The highest BCUT2D eigenvalue weighted by Gasteiger charge is 2.23. The summed E-state index contributed by atoms with van der Waals surface area (Å²) >= 11 is 0. The van der Waals surface area contributed by atoms with Crippen molar-refractivity contribution < 1.29 is 23.4 Å². The van der Waals surface area contributed by atoms with Crippen molar-refractivity contribution in [1.29, 1.82) is 0 Å². The molecule has 0 saturated carbocycles. The van der Waals surface area contributed by atoms with E-state index in [-0.39, 0.29) is 5.78 Å². The second-order valence-corrected chi connectivity index (χ2v) is 10.5. The second-order valence-electron chi connectivity index (χ2n) is 10.5. The van der Waals surface area contributed by atoms with Gasteiger partial charge >= 0.3 is 0 Å². The Bertz CT molecular complexity index is 1180. The van der Waals surface area contributed by atoms with Crippen LogP contribution in [0.25, 0.3) is 11.0 Å². The Morgan fingerprint density at radius 1 is 0.850 bits per heavy atom. The Labute approximate surface area is 240 Å². The van der Waals surface area contributed by atoms with Crippen LogP contribution >= 0.6 is 0 Å². The first kappa shape index (κ1) is 31.8. The summed E-state index contributed by atoms with van der Waals surface area (Å²) < 4.78 is 23.6. The number of nitrogens with zero attached hydrogens (tertiary/aromatic N) is 2. The van der Waals surface area contributed by atoms with Crippen molar-refractivity contribution in [3.8, 4) is 5.75 Å². The van der Waals surface area contributed by atoms with E-state index in [0.29, 0.717) is 37.6 Å². The summed E-state index contributed by atoms with van der Waals surface area (Å²) in [6.45, 7) is 15.1. The van der Waals surface area contributed by atoms with Crippen LogP contribution in [0.4, 0.5) is 0 Å². The van der Waals surface area contributed by atoms with Crippen LogP contribution in [0.1, 0.15) is 59.5 Å². The Kier molecular flexibility index (Phi) is 13.1. The number of furan rings is 1. The minimum absolute atomic E-state index is 0.00670. The second kappa shape index (κ2) is 16.5. The van der Waals surface area contributed by atoms with Gasteiger partial charge in [-0.2, -0.15) is 0 Å². The van der Waals surface area contributed by atoms with Gasteiger partial charge in [0.15, 0.2) is 5.78 Å². The highest BCUT2D eigenvalue weighted by atomic mass is 16.5. The maximum atomic E-state index is 13.7. The van der Waals surface area contributed by atoms with Crippen molar-refractivity contribution in [3.63, 3.8) is 0 Å². The Hall–Kier alpha value is -2.71. The average Bonchev–Trinajstić information content (AvgIpc) is 3.32. The molecule has 0 bridgehead atoms. The van der Waals surface area contributed by atoms with Gasteiger partial charge in [0.1, 0.15) is 23.7 Å². The molecule has 0 atom stereocenters. The summed E-state index contributed by atoms with van der Waals surface area (Å²) in [7, 11) is 4.16. The molecule has 1 heterocycles. The quantitative estimate of drug-likeness (QED) is 0.135. The summed E-state index contributed by atoms with van der Waals surface area (Å²) in [5.41, 5.74) is 4.05. The van der Waals surface area contributed by atoms with Gasteiger partial charge in [0.2, 0.25) is 0 Å². The van der Waals surface area contributed by atoms with Crippen LogP contribution in [0.3, 0.4) is 0 Å². The molecule has 0 fully saturated rings. The summed E-state index contributed by atoms with van der Waals surface area (Å²) in [4.78, 5) is 18.2. The molecular formula is C33H48N2O5. The predicted octanol–water partition coefficient (Wildman–Crippen LogP) is 5.92. The SMILES string of the molecule is CCCCc1oc2ccccc2c1C(=O)c1cc(C)c(OCCN(C)CCOCCOCCN(C)CC)c(C)c1. The number of carbonyl (C=O) groups excluding carboxylic acids is 1. The van der Waals surface area contributed by atoms with Crippen molar-refractivity contribution in [2.24, 2.45) is 0 Å². The van der Waals surface area contributed by atoms with E-state index in [4.69, 9.17) is 18.6 Å². The van der Waals surface area contributed by atoms with E-state index in [0.717, 1.165) is 85.7 Å². The van der Waals surface area contributed by atoms with E-state index in [1.54, 1.807) is 0 Å². The number of carbonyl (C=O) groups is 1. The van der Waals surface area contributed by atoms with Gasteiger partial charge in [-0.3, -0.25) is 4.79 Å². The zero-order chi connectivity index (χ0) is 28.9. The molecule has 220 valence electrons. The van der Waals surface area contributed by atoms with E-state index in [1.807, 2.05) is 50.2 Å². The first-order chi connectivity index (χ1) is 19.3. The molecule has 0 spiro atoms. The molecule has 0 aliphatic rings. The van der Waals surface area contributed by atoms with Crippen LogP contribution in [-0.2, 0) is 15.9 Å². The lowest BCUT2D eigenvalue weighted by Gasteiger charge is -2.19. The fourth-order valence-corrected chi connectivity index (χ4v) is 4.65. The molecule has 0 N–H and O–H groups in total. The molecule has 40 heavy (non-hydrogen) atoms. The normalized spacial score (nSPS) is 11.7. The number of ketones is 1. The van der Waals surface area contributed by atoms with Gasteiger partial charge in [0.05, 0.1) is 32.0 Å². The predicted molar refractivity (Wildman–Crippen MR) is 162 cm³/mol. The third-order valence-electron chi connectivity index (χ3n) is 7.24. The third-order valence-corrected chi connectivity index (χ3v) is 7.24. The van der Waals surface area contributed by atoms with Gasteiger partial charge in [-0.1, -0.05) is 38.5 Å². The monoisotopic (exact) mass is 552 g/mol. The molecule has 1 aromatic heterocycles. The van der Waals surface area contributed by atoms with Gasteiger partial charge < -0.3 is 28.4 Å². The van der Waals surface area contributed by atoms with Crippen LogP contribution in [0.2, 0.25) is 0 Å². The number of aryl methyl sites for hydroxylation is 3. The number of para-hydroxylation sites is 1. The van der Waals surface area contributed by atoms with Crippen molar-refractivity contribution in [3.05, 3.63) is 64.4 Å². The van der Waals surface area contributed by atoms with Gasteiger partial charge in [-0.25, -0.2) is 0 Å². The lowest BCUT2D eigenvalue weighted by Crippen LogP contribution is -2.28. The molecule has 0 saturated heterocycles. The minimum Gasteiger partial charge on any atom is -0.492 e. The number of benzene rings is 2. The van der Waals surface area contributed by atoms with Crippen LogP contribution in [0.5, 0.6) is 5.75 Å². The largest absolute Gasteiger partial charge is 0.492 e. The number of fused-ring (bicyclic) bond motifs is 1. The summed E-state index contributed by atoms with van der Waals surface area (Å²) in [6.07, 6.45) is 2.79. The van der Waals surface area contributed by atoms with Gasteiger partial charge in [0.25, 0.3) is 0 Å². The molecule has 3 rings (SSSR count). The van der Waals surface area contributed by atoms with Crippen LogP contribution in [-0.4, -0.2) is 88.9 Å². The maximum Gasteiger partial charge on any atom is 0.197 e. The fraction of sp³-hybridized carbons (Fsp3) is 0.545. The lowest BCUT2D eigenvalue weighted by molar-refractivity contribution is 0.0346. The lowest BCUT2D eigenvalue weighted by atomic mass is 9.95. The third kappa shape index (κ3) is 9.16. The van der Waals surface area contributed by atoms with Gasteiger partial charge in [-0.15, -0.1) is 0 Å². The van der Waals surface area contributed by atoms with Crippen LogP contribution < -0.4 is 4.74 Å². The molecule has 2 aromatic carbocycles. The molecular weight excluding hydrogens is 504 g/mol. The molecule has 0 unspecified atom stereocenters. The molecule has 7 heteroatoms. The molecule has 7 nitrogen and oxygen atoms in total. The van der Waals surface area contributed by atoms with Crippen molar-refractivity contribution >= 4 is 16.8 Å². The van der Waals surface area contributed by atoms with E-state index in [1.165, 1.54) is 0 Å². The van der Waals surface area contributed by atoms with Crippen molar-refractivity contribution in [2.75, 3.05) is 73.3 Å². The van der Waals surface area contributed by atoms with E-state index in [9.17, 15) is 4.79 Å². The Morgan fingerprint density at radius 3 is 2.12 bits per heavy atom. The first-order valence-corrected chi connectivity index (χ1v) is 14.7. The topological polar surface area (TPSA) is 64.4 Å². The van der Waals surface area contributed by atoms with E-state index in [2.05, 4.69) is 37.7 Å². The first-order valence-electron chi connectivity index (χ1n) is 14.7. The van der Waals surface area contributed by atoms with Crippen molar-refractivity contribution in [2.45, 2.75) is 47.0 Å². The number of likely N-dealkylation sites (N-methyl/N-ethyl adjacent to an activating group) is 2. The Balaban J connectivity index is 1.49. The molecule has 0 radical (unpaired) electrons. The smallest absolute Gasteiger partial charge is 0.197 e. The number of rotatable bonds is 19. The maximum absolute atomic E-state index is 13.7. The fourth-order valence-electron chi connectivity index (χ4n) is 4.65. The van der Waals surface area contributed by atoms with Crippen LogP contribution in [0, 0.1) is 13.8 Å². The average molecular weight is 553 g/mol. The van der Waals surface area contributed by atoms with E-state index < -0.39 is 0 Å². The summed E-state index contributed by atoms with van der Waals surface area (Å²) in [6, 6.07) is 11.7. The van der Waals surface area contributed by atoms with Crippen molar-refractivity contribution in [1.82, 2.24) is 9.80 Å². The molecule has 0 aliphatic heterocycles. The molecule has 3 aromatic rings. The van der Waals surface area contributed by atoms with Gasteiger partial charge in [0, 0.05) is 37.0 Å². The van der Waals surface area contributed by atoms with Gasteiger partial charge in [-0.05, 0) is 70.2 Å². The molecule has 0 amide bonds. The number of hydrogen-bond donors (Lipinski definition) is 0. The number of hydrogen-bond acceptors (Lipinski definition) is 7. The standard InChI is InChI=1S/C33H48N2O5/c1-7-9-13-30-31(28-12-10-11-14-29(28)40-30)32(36)27-23-25(3)33(26(4)24-27)39-20-17-35(6)16-19-38-22-21-37-18-15-34(5)8-2/h10-12,14,23-24H,7-9,13,15-22H2,1-6H3. The Morgan fingerprint density at radius 2 is 1.48 bits per heavy atom. The number of unbranched alkanes of at least 4 members (excludes halogenated alkanes) is 1. The minimum atomic E-state index is 0.00670.